The Morgan fingerprint density at radius 1 is 1.54 bits per heavy atom. The van der Waals surface area contributed by atoms with Gasteiger partial charge in [0.25, 0.3) is 0 Å². The van der Waals surface area contributed by atoms with E-state index in [4.69, 9.17) is 0 Å². The van der Waals surface area contributed by atoms with Crippen LogP contribution >= 0.6 is 0 Å². The lowest BCUT2D eigenvalue weighted by Gasteiger charge is -2.26. The summed E-state index contributed by atoms with van der Waals surface area (Å²) < 4.78 is 0. The molecule has 0 bridgehead atoms. The van der Waals surface area contributed by atoms with Crippen molar-refractivity contribution in [2.75, 3.05) is 0 Å². The Morgan fingerprint density at radius 3 is 2.38 bits per heavy atom. The average molecular weight is 185 g/mol. The highest BCUT2D eigenvalue weighted by Gasteiger charge is 2.39. The SMILES string of the molecule is CC(C)(C)C(=O)N1C(=O)CCC1O. The topological polar surface area (TPSA) is 57.6 Å². The molecule has 0 aromatic rings. The van der Waals surface area contributed by atoms with Crippen LogP contribution in [0.3, 0.4) is 0 Å². The molecule has 0 radical (unpaired) electrons. The third-order valence-corrected chi connectivity index (χ3v) is 2.04. The summed E-state index contributed by atoms with van der Waals surface area (Å²) in [5.74, 6) is -0.574. The van der Waals surface area contributed by atoms with E-state index >= 15 is 0 Å². The van der Waals surface area contributed by atoms with E-state index in [1.165, 1.54) is 0 Å². The van der Waals surface area contributed by atoms with Gasteiger partial charge in [-0.05, 0) is 0 Å². The number of nitrogens with zero attached hydrogens (tertiary/aromatic N) is 1. The molecule has 2 amide bonds. The Hall–Kier alpha value is -0.900. The van der Waals surface area contributed by atoms with Crippen molar-refractivity contribution in [3.05, 3.63) is 0 Å². The van der Waals surface area contributed by atoms with E-state index in [2.05, 4.69) is 0 Å². The van der Waals surface area contributed by atoms with Gasteiger partial charge >= 0.3 is 0 Å². The summed E-state index contributed by atoms with van der Waals surface area (Å²) in [7, 11) is 0. The largest absolute Gasteiger partial charge is 0.373 e. The fourth-order valence-corrected chi connectivity index (χ4v) is 1.28. The van der Waals surface area contributed by atoms with Crippen molar-refractivity contribution >= 4 is 11.8 Å². The summed E-state index contributed by atoms with van der Waals surface area (Å²) in [5, 5.41) is 9.38. The number of likely N-dealkylation sites (tertiary alicyclic amines) is 1. The van der Waals surface area contributed by atoms with Crippen LogP contribution in [0.1, 0.15) is 33.6 Å². The van der Waals surface area contributed by atoms with Crippen LogP contribution in [-0.2, 0) is 9.59 Å². The van der Waals surface area contributed by atoms with E-state index in [0.29, 0.717) is 6.42 Å². The molecule has 0 aromatic carbocycles. The van der Waals surface area contributed by atoms with Gasteiger partial charge in [0, 0.05) is 18.3 Å². The Balaban J connectivity index is 2.82. The molecule has 1 aliphatic heterocycles. The number of carbonyl (C=O) groups excluding carboxylic acids is 2. The molecule has 1 fully saturated rings. The first-order valence-electron chi connectivity index (χ1n) is 4.38. The maximum Gasteiger partial charge on any atom is 0.236 e. The molecule has 1 aliphatic rings. The molecule has 1 N–H and O–H groups in total. The van der Waals surface area contributed by atoms with Gasteiger partial charge in [-0.3, -0.25) is 14.5 Å². The highest BCUT2D eigenvalue weighted by Crippen LogP contribution is 2.24. The fraction of sp³-hybridized carbons (Fsp3) is 0.778. The van der Waals surface area contributed by atoms with Crippen LogP contribution < -0.4 is 0 Å². The Labute approximate surface area is 77.5 Å². The van der Waals surface area contributed by atoms with Crippen molar-refractivity contribution in [3.8, 4) is 0 Å². The zero-order valence-electron chi connectivity index (χ0n) is 8.20. The first-order valence-corrected chi connectivity index (χ1v) is 4.38. The molecule has 0 saturated carbocycles. The Kier molecular flexibility index (Phi) is 2.43. The first-order chi connectivity index (χ1) is 5.84. The molecule has 1 saturated heterocycles. The van der Waals surface area contributed by atoms with Gasteiger partial charge in [-0.1, -0.05) is 20.8 Å². The first kappa shape index (κ1) is 10.2. The van der Waals surface area contributed by atoms with Crippen LogP contribution in [0.5, 0.6) is 0 Å². The molecular formula is C9H15NO3. The van der Waals surface area contributed by atoms with Gasteiger partial charge in [-0.25, -0.2) is 0 Å². The smallest absolute Gasteiger partial charge is 0.236 e. The van der Waals surface area contributed by atoms with Gasteiger partial charge < -0.3 is 5.11 Å². The second-order valence-electron chi connectivity index (χ2n) is 4.34. The molecule has 0 aromatic heterocycles. The zero-order chi connectivity index (χ0) is 10.2. The summed E-state index contributed by atoms with van der Waals surface area (Å²) in [6, 6.07) is 0. The third-order valence-electron chi connectivity index (χ3n) is 2.04. The van der Waals surface area contributed by atoms with E-state index in [1.54, 1.807) is 20.8 Å². The van der Waals surface area contributed by atoms with Gasteiger partial charge in [-0.2, -0.15) is 0 Å². The monoisotopic (exact) mass is 185 g/mol. The normalized spacial score (nSPS) is 23.8. The maximum absolute atomic E-state index is 11.6. The molecule has 4 nitrogen and oxygen atoms in total. The van der Waals surface area contributed by atoms with Crippen molar-refractivity contribution < 1.29 is 14.7 Å². The second kappa shape index (κ2) is 3.10. The van der Waals surface area contributed by atoms with Crippen LogP contribution in [0.25, 0.3) is 0 Å². The predicted molar refractivity (Wildman–Crippen MR) is 46.5 cm³/mol. The lowest BCUT2D eigenvalue weighted by molar-refractivity contribution is -0.155. The summed E-state index contributed by atoms with van der Waals surface area (Å²) in [6.45, 7) is 5.19. The van der Waals surface area contributed by atoms with Crippen LogP contribution in [0.15, 0.2) is 0 Å². The highest BCUT2D eigenvalue weighted by molar-refractivity contribution is 5.99. The van der Waals surface area contributed by atoms with Crippen LogP contribution in [0, 0.1) is 5.41 Å². The van der Waals surface area contributed by atoms with E-state index in [-0.39, 0.29) is 18.2 Å². The summed E-state index contributed by atoms with van der Waals surface area (Å²) in [5.41, 5.74) is -0.610. The van der Waals surface area contributed by atoms with Gasteiger partial charge in [0.2, 0.25) is 11.8 Å². The van der Waals surface area contributed by atoms with Crippen molar-refractivity contribution in [1.82, 2.24) is 4.90 Å². The quantitative estimate of drug-likeness (QED) is 0.598. The molecule has 74 valence electrons. The van der Waals surface area contributed by atoms with E-state index in [1.807, 2.05) is 0 Å². The molecule has 4 heteroatoms. The van der Waals surface area contributed by atoms with Crippen molar-refractivity contribution in [3.63, 3.8) is 0 Å². The zero-order valence-corrected chi connectivity index (χ0v) is 8.20. The standard InChI is InChI=1S/C9H15NO3/c1-9(2,3)8(13)10-6(11)4-5-7(10)12/h6,11H,4-5H2,1-3H3. The fourth-order valence-electron chi connectivity index (χ4n) is 1.28. The number of rotatable bonds is 0. The van der Waals surface area contributed by atoms with Crippen molar-refractivity contribution in [1.29, 1.82) is 0 Å². The van der Waals surface area contributed by atoms with E-state index < -0.39 is 11.6 Å². The molecule has 13 heavy (non-hydrogen) atoms. The van der Waals surface area contributed by atoms with Crippen molar-refractivity contribution in [2.45, 2.75) is 39.8 Å². The second-order valence-corrected chi connectivity index (χ2v) is 4.34. The van der Waals surface area contributed by atoms with Gasteiger partial charge in [-0.15, -0.1) is 0 Å². The number of aliphatic hydroxyl groups excluding tert-OH is 1. The molecule has 0 spiro atoms. The summed E-state index contributed by atoms with van der Waals surface area (Å²) in [4.78, 5) is 23.8. The van der Waals surface area contributed by atoms with Crippen LogP contribution in [0.4, 0.5) is 0 Å². The Bertz CT molecular complexity index is 242. The van der Waals surface area contributed by atoms with Gasteiger partial charge in [0.1, 0.15) is 6.23 Å². The minimum absolute atomic E-state index is 0.267. The lowest BCUT2D eigenvalue weighted by atomic mass is 9.95. The number of hydrogen-bond donors (Lipinski definition) is 1. The molecule has 1 rings (SSSR count). The summed E-state index contributed by atoms with van der Waals surface area (Å²) in [6.07, 6.45) is -0.289. The minimum Gasteiger partial charge on any atom is -0.373 e. The molecular weight excluding hydrogens is 170 g/mol. The number of amides is 2. The molecule has 1 unspecified atom stereocenters. The highest BCUT2D eigenvalue weighted by atomic mass is 16.3. The van der Waals surface area contributed by atoms with Gasteiger partial charge in [0.05, 0.1) is 0 Å². The number of imide groups is 1. The van der Waals surface area contributed by atoms with E-state index in [9.17, 15) is 14.7 Å². The Morgan fingerprint density at radius 2 is 2.08 bits per heavy atom. The van der Waals surface area contributed by atoms with Crippen LogP contribution in [-0.4, -0.2) is 28.0 Å². The third kappa shape index (κ3) is 1.88. The molecule has 0 aliphatic carbocycles. The predicted octanol–water partition coefficient (Wildman–Crippen LogP) is 0.500. The van der Waals surface area contributed by atoms with Crippen LogP contribution in [0.2, 0.25) is 0 Å². The molecule has 1 heterocycles. The van der Waals surface area contributed by atoms with E-state index in [0.717, 1.165) is 4.90 Å². The number of carbonyl (C=O) groups is 2. The summed E-state index contributed by atoms with van der Waals surface area (Å²) >= 11 is 0. The molecule has 1 atom stereocenters. The van der Waals surface area contributed by atoms with Gasteiger partial charge in [0.15, 0.2) is 0 Å². The van der Waals surface area contributed by atoms with Crippen molar-refractivity contribution in [2.24, 2.45) is 5.41 Å². The minimum atomic E-state index is -0.917. The maximum atomic E-state index is 11.6. The lowest BCUT2D eigenvalue weighted by Crippen LogP contribution is -2.44. The average Bonchev–Trinajstić information content (AvgIpc) is 2.28. The number of hydrogen-bond acceptors (Lipinski definition) is 3. The number of aliphatic hydroxyl groups is 1.